The first-order valence-electron chi connectivity index (χ1n) is 10.1. The highest BCUT2D eigenvalue weighted by atomic mass is 19.1. The molecule has 1 heterocycles. The van der Waals surface area contributed by atoms with Crippen LogP contribution in [-0.2, 0) is 0 Å². The third-order valence-corrected chi connectivity index (χ3v) is 5.47. The average molecular weight is 402 g/mol. The summed E-state index contributed by atoms with van der Waals surface area (Å²) in [4.78, 5) is 29.6. The van der Waals surface area contributed by atoms with Gasteiger partial charge < -0.3 is 4.90 Å². The van der Waals surface area contributed by atoms with Crippen LogP contribution in [-0.4, -0.2) is 29.8 Å². The van der Waals surface area contributed by atoms with E-state index in [4.69, 9.17) is 0 Å². The van der Waals surface area contributed by atoms with Gasteiger partial charge in [0.05, 0.1) is 11.4 Å². The number of hydrogen-bond donors (Lipinski definition) is 0. The fourth-order valence-corrected chi connectivity index (χ4v) is 3.88. The minimum Gasteiger partial charge on any atom is -0.324 e. The van der Waals surface area contributed by atoms with Crippen molar-refractivity contribution in [2.75, 3.05) is 18.0 Å². The van der Waals surface area contributed by atoms with Crippen molar-refractivity contribution in [1.29, 1.82) is 0 Å². The maximum atomic E-state index is 13.5. The summed E-state index contributed by atoms with van der Waals surface area (Å²) in [6.45, 7) is 0.974. The highest BCUT2D eigenvalue weighted by molar-refractivity contribution is 6.00. The van der Waals surface area contributed by atoms with Gasteiger partial charge >= 0.3 is 6.03 Å². The predicted molar refractivity (Wildman–Crippen MR) is 115 cm³/mol. The molecular weight excluding hydrogens is 379 g/mol. The largest absolute Gasteiger partial charge is 0.329 e. The van der Waals surface area contributed by atoms with Crippen molar-refractivity contribution in [3.63, 3.8) is 0 Å². The van der Waals surface area contributed by atoms with Crippen LogP contribution in [0.5, 0.6) is 0 Å². The Morgan fingerprint density at radius 1 is 0.800 bits per heavy atom. The number of para-hydroxylation sites is 2. The fourth-order valence-electron chi connectivity index (χ4n) is 3.88. The van der Waals surface area contributed by atoms with Crippen molar-refractivity contribution >= 4 is 23.2 Å². The van der Waals surface area contributed by atoms with E-state index in [1.54, 1.807) is 21.9 Å². The molecule has 1 saturated heterocycles. The summed E-state index contributed by atoms with van der Waals surface area (Å²) < 4.78 is 13.5. The zero-order chi connectivity index (χ0) is 20.9. The molecule has 0 aliphatic carbocycles. The lowest BCUT2D eigenvalue weighted by atomic mass is 9.89. The first kappa shape index (κ1) is 19.8. The number of rotatable bonds is 4. The molecule has 1 fully saturated rings. The Morgan fingerprint density at radius 3 is 1.90 bits per heavy atom. The molecule has 4 rings (SSSR count). The highest BCUT2D eigenvalue weighted by Crippen LogP contribution is 2.29. The molecule has 0 spiro atoms. The molecule has 3 aromatic carbocycles. The number of carbonyl (C=O) groups excluding carboxylic acids is 2. The Kier molecular flexibility index (Phi) is 5.89. The summed E-state index contributed by atoms with van der Waals surface area (Å²) >= 11 is 0. The van der Waals surface area contributed by atoms with Crippen LogP contribution in [0.1, 0.15) is 23.2 Å². The fraction of sp³-hybridized carbons (Fsp3) is 0.200. The molecule has 0 unspecified atom stereocenters. The Balaban J connectivity index is 1.49. The molecule has 5 heteroatoms. The van der Waals surface area contributed by atoms with Gasteiger partial charge in [-0.25, -0.2) is 9.18 Å². The van der Waals surface area contributed by atoms with Gasteiger partial charge in [-0.05, 0) is 49.2 Å². The first-order chi connectivity index (χ1) is 14.6. The number of urea groups is 1. The Labute approximate surface area is 175 Å². The second-order valence-electron chi connectivity index (χ2n) is 7.43. The number of amides is 2. The van der Waals surface area contributed by atoms with Gasteiger partial charge in [-0.15, -0.1) is 0 Å². The van der Waals surface area contributed by atoms with E-state index in [9.17, 15) is 14.0 Å². The van der Waals surface area contributed by atoms with Crippen molar-refractivity contribution < 1.29 is 14.0 Å². The Hall–Kier alpha value is -3.47. The number of piperidine rings is 1. The molecule has 0 aromatic heterocycles. The van der Waals surface area contributed by atoms with E-state index in [0.29, 0.717) is 31.5 Å². The molecular formula is C25H23FN2O2. The van der Waals surface area contributed by atoms with Gasteiger partial charge in [0.15, 0.2) is 5.78 Å². The van der Waals surface area contributed by atoms with E-state index < -0.39 is 5.82 Å². The van der Waals surface area contributed by atoms with Gasteiger partial charge in [0, 0.05) is 24.6 Å². The van der Waals surface area contributed by atoms with E-state index in [1.807, 2.05) is 60.7 Å². The molecule has 30 heavy (non-hydrogen) atoms. The zero-order valence-corrected chi connectivity index (χ0v) is 16.6. The smallest absolute Gasteiger partial charge is 0.324 e. The van der Waals surface area contributed by atoms with Crippen LogP contribution < -0.4 is 4.90 Å². The second-order valence-corrected chi connectivity index (χ2v) is 7.43. The summed E-state index contributed by atoms with van der Waals surface area (Å²) in [7, 11) is 0. The lowest BCUT2D eigenvalue weighted by molar-refractivity contribution is 0.0857. The van der Waals surface area contributed by atoms with Crippen molar-refractivity contribution in [2.24, 2.45) is 5.92 Å². The van der Waals surface area contributed by atoms with E-state index in [2.05, 4.69) is 0 Å². The number of hydrogen-bond acceptors (Lipinski definition) is 2. The van der Waals surface area contributed by atoms with Crippen molar-refractivity contribution in [3.8, 4) is 0 Å². The molecule has 0 saturated carbocycles. The van der Waals surface area contributed by atoms with E-state index in [0.717, 1.165) is 11.4 Å². The molecule has 0 N–H and O–H groups in total. The maximum absolute atomic E-state index is 13.5. The summed E-state index contributed by atoms with van der Waals surface area (Å²) in [5.41, 5.74) is 1.99. The van der Waals surface area contributed by atoms with Gasteiger partial charge in [0.2, 0.25) is 0 Å². The minimum atomic E-state index is -0.408. The number of nitrogens with zero attached hydrogens (tertiary/aromatic N) is 2. The van der Waals surface area contributed by atoms with E-state index in [-0.39, 0.29) is 17.7 Å². The van der Waals surface area contributed by atoms with Gasteiger partial charge in [-0.2, -0.15) is 0 Å². The number of halogens is 1. The summed E-state index contributed by atoms with van der Waals surface area (Å²) in [6.07, 6.45) is 1.14. The molecule has 2 amide bonds. The Bertz CT molecular complexity index is 976. The normalized spacial score (nSPS) is 14.4. The van der Waals surface area contributed by atoms with Crippen LogP contribution in [0.2, 0.25) is 0 Å². The number of carbonyl (C=O) groups is 2. The second kappa shape index (κ2) is 8.91. The van der Waals surface area contributed by atoms with Crippen LogP contribution in [0.25, 0.3) is 0 Å². The van der Waals surface area contributed by atoms with Crippen molar-refractivity contribution in [3.05, 3.63) is 96.3 Å². The lowest BCUT2D eigenvalue weighted by Crippen LogP contribution is -2.46. The standard InChI is InChI=1S/C25H23FN2O2/c26-21-9-7-8-20(18-21)24(29)19-14-16-27(17-15-19)25(30)28(22-10-3-1-4-11-22)23-12-5-2-6-13-23/h1-13,18-19H,14-17H2. The molecule has 152 valence electrons. The molecule has 4 nitrogen and oxygen atoms in total. The Morgan fingerprint density at radius 2 is 1.37 bits per heavy atom. The number of anilines is 2. The predicted octanol–water partition coefficient (Wildman–Crippen LogP) is 5.68. The quantitative estimate of drug-likeness (QED) is 0.527. The minimum absolute atomic E-state index is 0.0513. The first-order valence-corrected chi connectivity index (χ1v) is 10.1. The van der Waals surface area contributed by atoms with Gasteiger partial charge in [0.25, 0.3) is 0 Å². The number of likely N-dealkylation sites (tertiary alicyclic amines) is 1. The number of ketones is 1. The van der Waals surface area contributed by atoms with Crippen molar-refractivity contribution in [2.45, 2.75) is 12.8 Å². The zero-order valence-electron chi connectivity index (χ0n) is 16.6. The number of benzene rings is 3. The molecule has 0 atom stereocenters. The topological polar surface area (TPSA) is 40.6 Å². The van der Waals surface area contributed by atoms with Crippen LogP contribution in [0.15, 0.2) is 84.9 Å². The van der Waals surface area contributed by atoms with Crippen LogP contribution in [0, 0.1) is 11.7 Å². The van der Waals surface area contributed by atoms with Crippen LogP contribution in [0.4, 0.5) is 20.6 Å². The highest BCUT2D eigenvalue weighted by Gasteiger charge is 2.31. The SMILES string of the molecule is O=C(c1cccc(F)c1)C1CCN(C(=O)N(c2ccccc2)c2ccccc2)CC1. The summed E-state index contributed by atoms with van der Waals surface area (Å²) in [6, 6.07) is 24.8. The molecule has 1 aliphatic rings. The van der Waals surface area contributed by atoms with Gasteiger partial charge in [-0.1, -0.05) is 48.5 Å². The molecule has 3 aromatic rings. The lowest BCUT2D eigenvalue weighted by Gasteiger charge is -2.35. The van der Waals surface area contributed by atoms with E-state index >= 15 is 0 Å². The third-order valence-electron chi connectivity index (χ3n) is 5.47. The number of Topliss-reactive ketones (excluding diaryl/α,β-unsaturated/α-hetero) is 1. The maximum Gasteiger partial charge on any atom is 0.329 e. The molecule has 1 aliphatic heterocycles. The molecule has 0 bridgehead atoms. The van der Waals surface area contributed by atoms with E-state index in [1.165, 1.54) is 12.1 Å². The van der Waals surface area contributed by atoms with Gasteiger partial charge in [-0.3, -0.25) is 9.69 Å². The molecule has 0 radical (unpaired) electrons. The monoisotopic (exact) mass is 402 g/mol. The van der Waals surface area contributed by atoms with Crippen molar-refractivity contribution in [1.82, 2.24) is 4.90 Å². The van der Waals surface area contributed by atoms with Crippen LogP contribution >= 0.6 is 0 Å². The third kappa shape index (κ3) is 4.25. The average Bonchev–Trinajstić information content (AvgIpc) is 2.80. The van der Waals surface area contributed by atoms with Crippen LogP contribution in [0.3, 0.4) is 0 Å². The summed E-state index contributed by atoms with van der Waals surface area (Å²) in [5.74, 6) is -0.655. The van der Waals surface area contributed by atoms with Gasteiger partial charge in [0.1, 0.15) is 5.82 Å². The summed E-state index contributed by atoms with van der Waals surface area (Å²) in [5, 5.41) is 0.